The molecular weight excluding hydrogens is 313 g/mol. The number of esters is 1. The number of ether oxygens (including phenoxy) is 1. The molecule has 0 aromatic heterocycles. The van der Waals surface area contributed by atoms with Crippen molar-refractivity contribution < 1.29 is 14.5 Å². The Hall–Kier alpha value is -0.980. The lowest BCUT2D eigenvalue weighted by Crippen LogP contribution is -2.13. The van der Waals surface area contributed by atoms with Gasteiger partial charge in [0, 0.05) is 17.0 Å². The van der Waals surface area contributed by atoms with Crippen LogP contribution >= 0.6 is 35.0 Å². The second kappa shape index (κ2) is 6.98. The van der Waals surface area contributed by atoms with Crippen molar-refractivity contribution in [3.05, 3.63) is 32.3 Å². The Morgan fingerprint density at radius 2 is 1.95 bits per heavy atom. The number of rotatable bonds is 5. The van der Waals surface area contributed by atoms with Crippen LogP contribution < -0.4 is 0 Å². The van der Waals surface area contributed by atoms with E-state index in [1.807, 2.05) is 0 Å². The fourth-order valence-electron chi connectivity index (χ4n) is 1.22. The Balaban J connectivity index is 2.79. The van der Waals surface area contributed by atoms with Crippen molar-refractivity contribution in [1.29, 1.82) is 0 Å². The summed E-state index contributed by atoms with van der Waals surface area (Å²) >= 11 is 12.9. The molecule has 0 aliphatic rings. The summed E-state index contributed by atoms with van der Waals surface area (Å²) in [6.45, 7) is 3.49. The highest BCUT2D eigenvalue weighted by Crippen LogP contribution is 2.37. The molecule has 19 heavy (non-hydrogen) atoms. The number of carbonyl (C=O) groups excluding carboxylic acids is 1. The van der Waals surface area contributed by atoms with Gasteiger partial charge in [-0.2, -0.15) is 0 Å². The van der Waals surface area contributed by atoms with E-state index in [2.05, 4.69) is 0 Å². The predicted octanol–water partition coefficient (Wildman–Crippen LogP) is 3.95. The highest BCUT2D eigenvalue weighted by atomic mass is 35.5. The lowest BCUT2D eigenvalue weighted by Gasteiger charge is -2.09. The molecule has 0 saturated carbocycles. The van der Waals surface area contributed by atoms with Gasteiger partial charge < -0.3 is 4.74 Å². The zero-order valence-corrected chi connectivity index (χ0v) is 12.5. The Kier molecular flexibility index (Phi) is 5.90. The molecule has 5 nitrogen and oxygen atoms in total. The number of thioether (sulfide) groups is 1. The first-order chi connectivity index (χ1) is 8.81. The third-order valence-electron chi connectivity index (χ3n) is 1.90. The van der Waals surface area contributed by atoms with E-state index in [4.69, 9.17) is 27.9 Å². The van der Waals surface area contributed by atoms with Gasteiger partial charge in [-0.15, -0.1) is 11.8 Å². The summed E-state index contributed by atoms with van der Waals surface area (Å²) in [5.41, 5.74) is -0.191. The van der Waals surface area contributed by atoms with Gasteiger partial charge in [-0.3, -0.25) is 14.9 Å². The molecule has 0 aliphatic carbocycles. The topological polar surface area (TPSA) is 69.4 Å². The summed E-state index contributed by atoms with van der Waals surface area (Å²) in [7, 11) is 0. The highest BCUT2D eigenvalue weighted by molar-refractivity contribution is 8.00. The monoisotopic (exact) mass is 323 g/mol. The highest BCUT2D eigenvalue weighted by Gasteiger charge is 2.16. The Labute approximate surface area is 124 Å². The van der Waals surface area contributed by atoms with Gasteiger partial charge >= 0.3 is 5.97 Å². The van der Waals surface area contributed by atoms with Crippen LogP contribution in [-0.2, 0) is 9.53 Å². The first kappa shape index (κ1) is 16.1. The predicted molar refractivity (Wildman–Crippen MR) is 75.1 cm³/mol. The minimum absolute atomic E-state index is 0.0371. The number of hydrogen-bond acceptors (Lipinski definition) is 5. The average Bonchev–Trinajstić information content (AvgIpc) is 2.26. The normalized spacial score (nSPS) is 10.6. The van der Waals surface area contributed by atoms with E-state index in [1.165, 1.54) is 12.1 Å². The van der Waals surface area contributed by atoms with Gasteiger partial charge in [-0.25, -0.2) is 0 Å². The van der Waals surface area contributed by atoms with Crippen LogP contribution in [0.25, 0.3) is 0 Å². The summed E-state index contributed by atoms with van der Waals surface area (Å²) in [5.74, 6) is -0.361. The molecule has 0 aliphatic heterocycles. The van der Waals surface area contributed by atoms with Crippen LogP contribution in [0.1, 0.15) is 13.8 Å². The van der Waals surface area contributed by atoms with Crippen molar-refractivity contribution in [3.8, 4) is 0 Å². The van der Waals surface area contributed by atoms with Crippen molar-refractivity contribution >= 4 is 46.6 Å². The van der Waals surface area contributed by atoms with Gasteiger partial charge in [0.05, 0.1) is 26.8 Å². The molecule has 0 radical (unpaired) electrons. The van der Waals surface area contributed by atoms with E-state index < -0.39 is 10.9 Å². The first-order valence-electron chi connectivity index (χ1n) is 5.27. The molecule has 0 atom stereocenters. The van der Waals surface area contributed by atoms with Gasteiger partial charge in [-0.05, 0) is 13.8 Å². The quantitative estimate of drug-likeness (QED) is 0.355. The van der Waals surface area contributed by atoms with Crippen LogP contribution in [0.15, 0.2) is 17.0 Å². The maximum absolute atomic E-state index is 11.4. The molecule has 1 aromatic carbocycles. The number of nitro groups is 1. The molecule has 104 valence electrons. The zero-order chi connectivity index (χ0) is 14.6. The van der Waals surface area contributed by atoms with E-state index in [1.54, 1.807) is 13.8 Å². The van der Waals surface area contributed by atoms with Gasteiger partial charge in [0.15, 0.2) is 0 Å². The number of halogens is 2. The number of carbonyl (C=O) groups is 1. The van der Waals surface area contributed by atoms with Gasteiger partial charge in [0.1, 0.15) is 0 Å². The maximum atomic E-state index is 11.4. The number of non-ortho nitro benzene ring substituents is 1. The molecule has 0 bridgehead atoms. The molecular formula is C11H11Cl2NO4S. The largest absolute Gasteiger partial charge is 0.462 e. The summed E-state index contributed by atoms with van der Waals surface area (Å²) in [5, 5.41) is 10.9. The second-order valence-corrected chi connectivity index (χ2v) is 5.62. The van der Waals surface area contributed by atoms with Crippen molar-refractivity contribution in [3.63, 3.8) is 0 Å². The van der Waals surface area contributed by atoms with E-state index in [9.17, 15) is 14.9 Å². The third kappa shape index (κ3) is 4.89. The standard InChI is InChI=1S/C11H11Cl2NO4S/c1-6(2)18-10(15)5-19-11-8(12)3-7(14(16)17)4-9(11)13/h3-4,6H,5H2,1-2H3. The summed E-state index contributed by atoms with van der Waals surface area (Å²) in [6, 6.07) is 2.40. The smallest absolute Gasteiger partial charge is 0.316 e. The van der Waals surface area contributed by atoms with Crippen molar-refractivity contribution in [2.45, 2.75) is 24.8 Å². The van der Waals surface area contributed by atoms with Crippen LogP contribution in [0, 0.1) is 10.1 Å². The van der Waals surface area contributed by atoms with Crippen LogP contribution in [0.2, 0.25) is 10.0 Å². The molecule has 1 rings (SSSR count). The molecule has 0 amide bonds. The first-order valence-corrected chi connectivity index (χ1v) is 7.01. The van der Waals surface area contributed by atoms with E-state index in [0.29, 0.717) is 4.90 Å². The number of nitrogens with zero attached hydrogens (tertiary/aromatic N) is 1. The summed E-state index contributed by atoms with van der Waals surface area (Å²) < 4.78 is 4.96. The lowest BCUT2D eigenvalue weighted by molar-refractivity contribution is -0.384. The molecule has 0 fully saturated rings. The van der Waals surface area contributed by atoms with Gasteiger partial charge in [0.2, 0.25) is 0 Å². The van der Waals surface area contributed by atoms with Crippen molar-refractivity contribution in [1.82, 2.24) is 0 Å². The fourth-order valence-corrected chi connectivity index (χ4v) is 2.74. The van der Waals surface area contributed by atoms with E-state index in [-0.39, 0.29) is 27.6 Å². The average molecular weight is 324 g/mol. The third-order valence-corrected chi connectivity index (χ3v) is 3.82. The van der Waals surface area contributed by atoms with Crippen LogP contribution in [-0.4, -0.2) is 22.7 Å². The maximum Gasteiger partial charge on any atom is 0.316 e. The molecule has 0 N–H and O–H groups in total. The molecule has 0 unspecified atom stereocenters. The number of nitro benzene ring substituents is 1. The Morgan fingerprint density at radius 1 is 1.42 bits per heavy atom. The Bertz CT molecular complexity index is 484. The molecule has 0 heterocycles. The van der Waals surface area contributed by atoms with E-state index >= 15 is 0 Å². The SMILES string of the molecule is CC(C)OC(=O)CSc1c(Cl)cc([N+](=O)[O-])cc1Cl. The number of benzene rings is 1. The van der Waals surface area contributed by atoms with Crippen LogP contribution in [0.3, 0.4) is 0 Å². The minimum Gasteiger partial charge on any atom is -0.462 e. The van der Waals surface area contributed by atoms with Crippen molar-refractivity contribution in [2.24, 2.45) is 0 Å². The van der Waals surface area contributed by atoms with Crippen molar-refractivity contribution in [2.75, 3.05) is 5.75 Å². The minimum atomic E-state index is -0.584. The van der Waals surface area contributed by atoms with Crippen LogP contribution in [0.4, 0.5) is 5.69 Å². The lowest BCUT2D eigenvalue weighted by atomic mass is 10.3. The van der Waals surface area contributed by atoms with Gasteiger partial charge in [-0.1, -0.05) is 23.2 Å². The van der Waals surface area contributed by atoms with E-state index in [0.717, 1.165) is 11.8 Å². The molecule has 8 heteroatoms. The summed E-state index contributed by atoms with van der Waals surface area (Å²) in [6.07, 6.45) is -0.198. The molecule has 1 aromatic rings. The Morgan fingerprint density at radius 3 is 2.37 bits per heavy atom. The van der Waals surface area contributed by atoms with Gasteiger partial charge in [0.25, 0.3) is 5.69 Å². The fraction of sp³-hybridized carbons (Fsp3) is 0.364. The molecule has 0 spiro atoms. The second-order valence-electron chi connectivity index (χ2n) is 3.82. The summed E-state index contributed by atoms with van der Waals surface area (Å²) in [4.78, 5) is 21.8. The number of hydrogen-bond donors (Lipinski definition) is 0. The van der Waals surface area contributed by atoms with Crippen LogP contribution in [0.5, 0.6) is 0 Å². The zero-order valence-electron chi connectivity index (χ0n) is 10.2. The molecule has 0 saturated heterocycles.